The second kappa shape index (κ2) is 13.9. The summed E-state index contributed by atoms with van der Waals surface area (Å²) in [6.45, 7) is 0. The molecule has 0 N–H and O–H groups in total. The van der Waals surface area contributed by atoms with E-state index in [4.69, 9.17) is 14.4 Å². The maximum atomic E-state index is 6.55. The Kier molecular flexibility index (Phi) is 8.16. The van der Waals surface area contributed by atoms with Gasteiger partial charge in [0, 0.05) is 33.0 Å². The zero-order chi connectivity index (χ0) is 36.6. The summed E-state index contributed by atoms with van der Waals surface area (Å²) in [5, 5.41) is 2.21. The molecule has 0 saturated carbocycles. The van der Waals surface area contributed by atoms with Gasteiger partial charge in [-0.1, -0.05) is 164 Å². The summed E-state index contributed by atoms with van der Waals surface area (Å²) in [5.74, 6) is 0.668. The Bertz CT molecular complexity index is 2870. The summed E-state index contributed by atoms with van der Waals surface area (Å²) in [4.78, 5) is 10.6. The van der Waals surface area contributed by atoms with E-state index in [0.717, 1.165) is 94.5 Å². The van der Waals surface area contributed by atoms with Crippen LogP contribution in [0.3, 0.4) is 0 Å². The number of hydrogen-bond donors (Lipinski definition) is 0. The van der Waals surface area contributed by atoms with E-state index < -0.39 is 0 Å². The zero-order valence-electron chi connectivity index (χ0n) is 29.9. The number of aromatic nitrogens is 2. The van der Waals surface area contributed by atoms with Crippen molar-refractivity contribution < 1.29 is 4.42 Å². The molecule has 0 spiro atoms. The van der Waals surface area contributed by atoms with E-state index in [1.54, 1.807) is 0 Å². The first kappa shape index (κ1) is 32.3. The zero-order valence-corrected chi connectivity index (χ0v) is 29.9. The van der Waals surface area contributed by atoms with Crippen LogP contribution in [0.15, 0.2) is 211 Å². The van der Waals surface area contributed by atoms with E-state index in [1.165, 1.54) is 0 Å². The third kappa shape index (κ3) is 6.28. The van der Waals surface area contributed by atoms with E-state index in [1.807, 2.05) is 24.3 Å². The van der Waals surface area contributed by atoms with Crippen molar-refractivity contribution in [2.45, 2.75) is 0 Å². The van der Waals surface area contributed by atoms with E-state index in [9.17, 15) is 0 Å². The van der Waals surface area contributed by atoms with Crippen LogP contribution in [-0.2, 0) is 0 Å². The second-order valence-electron chi connectivity index (χ2n) is 13.8. The van der Waals surface area contributed by atoms with Gasteiger partial charge in [0.15, 0.2) is 5.82 Å². The first-order valence-corrected chi connectivity index (χ1v) is 18.6. The third-order valence-electron chi connectivity index (χ3n) is 10.3. The minimum Gasteiger partial charge on any atom is -0.455 e. The lowest BCUT2D eigenvalue weighted by Gasteiger charge is -2.14. The fourth-order valence-electron chi connectivity index (χ4n) is 7.53. The lowest BCUT2D eigenvalue weighted by molar-refractivity contribution is 0.670. The Morgan fingerprint density at radius 3 is 1.44 bits per heavy atom. The van der Waals surface area contributed by atoms with Crippen LogP contribution in [0, 0.1) is 0 Å². The summed E-state index contributed by atoms with van der Waals surface area (Å²) in [6, 6.07) is 72.2. The topological polar surface area (TPSA) is 38.9 Å². The van der Waals surface area contributed by atoms with Gasteiger partial charge in [0.1, 0.15) is 11.2 Å². The van der Waals surface area contributed by atoms with Crippen molar-refractivity contribution >= 4 is 21.9 Å². The molecule has 0 aliphatic rings. The normalized spacial score (nSPS) is 11.3. The van der Waals surface area contributed by atoms with Gasteiger partial charge < -0.3 is 4.42 Å². The summed E-state index contributed by atoms with van der Waals surface area (Å²) >= 11 is 0. The Labute approximate surface area is 319 Å². The summed E-state index contributed by atoms with van der Waals surface area (Å²) in [7, 11) is 0. The molecule has 10 aromatic rings. The fourth-order valence-corrected chi connectivity index (χ4v) is 7.53. The Morgan fingerprint density at radius 2 is 0.745 bits per heavy atom. The lowest BCUT2D eigenvalue weighted by Crippen LogP contribution is -1.97. The van der Waals surface area contributed by atoms with Gasteiger partial charge in [0.2, 0.25) is 0 Å². The predicted molar refractivity (Wildman–Crippen MR) is 227 cm³/mol. The molecular formula is C52H34N2O. The highest BCUT2D eigenvalue weighted by Gasteiger charge is 2.17. The number of nitrogens with zero attached hydrogens (tertiary/aromatic N) is 2. The van der Waals surface area contributed by atoms with Gasteiger partial charge in [0.25, 0.3) is 0 Å². The van der Waals surface area contributed by atoms with Crippen molar-refractivity contribution in [3.63, 3.8) is 0 Å². The lowest BCUT2D eigenvalue weighted by atomic mass is 9.93. The van der Waals surface area contributed by atoms with Gasteiger partial charge in [-0.3, -0.25) is 0 Å². The highest BCUT2D eigenvalue weighted by atomic mass is 16.3. The monoisotopic (exact) mass is 702 g/mol. The highest BCUT2D eigenvalue weighted by molar-refractivity contribution is 6.09. The molecule has 0 amide bonds. The Hall–Kier alpha value is -7.36. The van der Waals surface area contributed by atoms with Crippen LogP contribution in [0.2, 0.25) is 0 Å². The average molecular weight is 703 g/mol. The number of fused-ring (bicyclic) bond motifs is 3. The van der Waals surface area contributed by atoms with Crippen molar-refractivity contribution in [2.75, 3.05) is 0 Å². The molecule has 0 radical (unpaired) electrons. The molecule has 0 bridgehead atoms. The number of rotatable bonds is 7. The number of furan rings is 1. The van der Waals surface area contributed by atoms with Gasteiger partial charge >= 0.3 is 0 Å². The standard InChI is InChI=1S/C52H34N2O/c1-4-15-35(16-5-1)38-21-12-23-40(29-38)48-34-49(54-52(53-48)41-24-13-22-39(30-41)36-17-6-2-7-18-36)44-32-42(37-19-8-3-9-20-37)31-43(33-44)45-26-14-27-47-46-25-10-11-28-50(46)55-51(45)47/h1-34H. The fraction of sp³-hybridized carbons (Fsp3) is 0. The molecule has 2 heterocycles. The first-order valence-electron chi connectivity index (χ1n) is 18.6. The summed E-state index contributed by atoms with van der Waals surface area (Å²) < 4.78 is 6.55. The van der Waals surface area contributed by atoms with Crippen LogP contribution < -0.4 is 0 Å². The van der Waals surface area contributed by atoms with Crippen LogP contribution in [0.5, 0.6) is 0 Å². The molecular weight excluding hydrogens is 669 g/mol. The smallest absolute Gasteiger partial charge is 0.160 e. The van der Waals surface area contributed by atoms with Crippen LogP contribution in [-0.4, -0.2) is 9.97 Å². The third-order valence-corrected chi connectivity index (χ3v) is 10.3. The molecule has 3 nitrogen and oxygen atoms in total. The maximum Gasteiger partial charge on any atom is 0.160 e. The number of para-hydroxylation sites is 2. The Morgan fingerprint density at radius 1 is 0.291 bits per heavy atom. The van der Waals surface area contributed by atoms with Gasteiger partial charge in [-0.05, 0) is 81.4 Å². The van der Waals surface area contributed by atoms with Gasteiger partial charge in [-0.2, -0.15) is 0 Å². The van der Waals surface area contributed by atoms with Crippen LogP contribution in [0.25, 0.3) is 100 Å². The maximum absolute atomic E-state index is 6.55. The van der Waals surface area contributed by atoms with Crippen LogP contribution in [0.1, 0.15) is 0 Å². The van der Waals surface area contributed by atoms with E-state index in [2.05, 4.69) is 182 Å². The van der Waals surface area contributed by atoms with Crippen molar-refractivity contribution in [2.24, 2.45) is 0 Å². The molecule has 0 aliphatic heterocycles. The highest BCUT2D eigenvalue weighted by Crippen LogP contribution is 2.40. The second-order valence-corrected chi connectivity index (χ2v) is 13.8. The summed E-state index contributed by atoms with van der Waals surface area (Å²) in [5.41, 5.74) is 15.3. The van der Waals surface area contributed by atoms with Crippen molar-refractivity contribution in [3.05, 3.63) is 206 Å². The molecule has 258 valence electrons. The van der Waals surface area contributed by atoms with Gasteiger partial charge in [0.05, 0.1) is 11.4 Å². The van der Waals surface area contributed by atoms with Crippen molar-refractivity contribution in [1.82, 2.24) is 9.97 Å². The van der Waals surface area contributed by atoms with Gasteiger partial charge in [-0.15, -0.1) is 0 Å². The van der Waals surface area contributed by atoms with E-state index >= 15 is 0 Å². The molecule has 0 aliphatic carbocycles. The largest absolute Gasteiger partial charge is 0.455 e. The molecule has 55 heavy (non-hydrogen) atoms. The molecule has 8 aromatic carbocycles. The number of benzene rings is 8. The van der Waals surface area contributed by atoms with Crippen LogP contribution >= 0.6 is 0 Å². The SMILES string of the molecule is c1ccc(-c2cccc(-c3cc(-c4cc(-c5ccccc5)cc(-c5cccc6c5oc5ccccc56)c4)nc(-c4cccc(-c5ccccc5)c4)n3)c2)cc1. The molecule has 0 unspecified atom stereocenters. The molecule has 10 rings (SSSR count). The van der Waals surface area contributed by atoms with Crippen molar-refractivity contribution in [3.8, 4) is 78.4 Å². The van der Waals surface area contributed by atoms with E-state index in [-0.39, 0.29) is 0 Å². The van der Waals surface area contributed by atoms with Gasteiger partial charge in [-0.25, -0.2) is 9.97 Å². The number of hydrogen-bond acceptors (Lipinski definition) is 3. The minimum absolute atomic E-state index is 0.668. The predicted octanol–water partition coefficient (Wildman–Crippen LogP) is 14.0. The molecule has 3 heteroatoms. The Balaban J connectivity index is 1.20. The molecule has 2 aromatic heterocycles. The molecule has 0 saturated heterocycles. The van der Waals surface area contributed by atoms with Crippen molar-refractivity contribution in [1.29, 1.82) is 0 Å². The summed E-state index contributed by atoms with van der Waals surface area (Å²) in [6.07, 6.45) is 0. The average Bonchev–Trinajstić information content (AvgIpc) is 3.66. The molecule has 0 fully saturated rings. The van der Waals surface area contributed by atoms with E-state index in [0.29, 0.717) is 5.82 Å². The first-order chi connectivity index (χ1) is 27.2. The minimum atomic E-state index is 0.668. The quantitative estimate of drug-likeness (QED) is 0.166. The molecule has 0 atom stereocenters. The van der Waals surface area contributed by atoms with Crippen LogP contribution in [0.4, 0.5) is 0 Å².